The zero-order valence-electron chi connectivity index (χ0n) is 6.73. The summed E-state index contributed by atoms with van der Waals surface area (Å²) in [5.41, 5.74) is 0. The van der Waals surface area contributed by atoms with E-state index >= 15 is 0 Å². The minimum atomic E-state index is -0.696. The third-order valence-corrected chi connectivity index (χ3v) is 2.72. The third-order valence-electron chi connectivity index (χ3n) is 1.97. The first-order valence-electron chi connectivity index (χ1n) is 3.69. The Labute approximate surface area is 72.1 Å². The van der Waals surface area contributed by atoms with E-state index in [2.05, 4.69) is 12.6 Å². The number of hydrogen-bond acceptors (Lipinski definition) is 4. The van der Waals surface area contributed by atoms with Gasteiger partial charge in [-0.1, -0.05) is 0 Å². The average molecular weight is 178 g/mol. The largest absolute Gasteiger partial charge is 0.380 e. The third kappa shape index (κ3) is 2.08. The highest BCUT2D eigenvalue weighted by atomic mass is 32.1. The standard InChI is InChI=1S/C7H14O3S/c1-4-7(11)5(9-2)3-6(8)10-4/h4-8,11H,3H2,1-2H3/t4-,5+,6-,7-/m1/s1. The van der Waals surface area contributed by atoms with Crippen molar-refractivity contribution in [3.8, 4) is 0 Å². The van der Waals surface area contributed by atoms with Gasteiger partial charge >= 0.3 is 0 Å². The minimum absolute atomic E-state index is 0.00270. The Morgan fingerprint density at radius 1 is 1.64 bits per heavy atom. The van der Waals surface area contributed by atoms with Crippen LogP contribution >= 0.6 is 12.6 Å². The molecular weight excluding hydrogens is 164 g/mol. The van der Waals surface area contributed by atoms with Crippen molar-refractivity contribution in [3.05, 3.63) is 0 Å². The molecule has 0 aromatic heterocycles. The van der Waals surface area contributed by atoms with Crippen LogP contribution in [-0.4, -0.2) is 36.0 Å². The summed E-state index contributed by atoms with van der Waals surface area (Å²) < 4.78 is 10.3. The Morgan fingerprint density at radius 3 is 2.82 bits per heavy atom. The van der Waals surface area contributed by atoms with Gasteiger partial charge in [0, 0.05) is 13.5 Å². The molecule has 0 unspecified atom stereocenters. The first-order chi connectivity index (χ1) is 5.15. The van der Waals surface area contributed by atoms with Gasteiger partial charge in [-0.05, 0) is 6.92 Å². The van der Waals surface area contributed by atoms with E-state index in [1.165, 1.54) is 0 Å². The molecule has 66 valence electrons. The van der Waals surface area contributed by atoms with Gasteiger partial charge in [-0.3, -0.25) is 0 Å². The van der Waals surface area contributed by atoms with Crippen molar-refractivity contribution >= 4 is 12.6 Å². The minimum Gasteiger partial charge on any atom is -0.380 e. The molecule has 0 spiro atoms. The van der Waals surface area contributed by atoms with Crippen LogP contribution in [0.25, 0.3) is 0 Å². The number of aliphatic hydroxyl groups is 1. The van der Waals surface area contributed by atoms with Crippen molar-refractivity contribution in [1.82, 2.24) is 0 Å². The van der Waals surface area contributed by atoms with Crippen LogP contribution in [0.2, 0.25) is 0 Å². The fourth-order valence-electron chi connectivity index (χ4n) is 1.26. The molecule has 1 heterocycles. The van der Waals surface area contributed by atoms with Crippen molar-refractivity contribution < 1.29 is 14.6 Å². The first-order valence-corrected chi connectivity index (χ1v) is 4.21. The Bertz CT molecular complexity index is 131. The van der Waals surface area contributed by atoms with E-state index < -0.39 is 6.29 Å². The maximum absolute atomic E-state index is 9.16. The zero-order valence-corrected chi connectivity index (χ0v) is 7.62. The number of thiol groups is 1. The fraction of sp³-hybridized carbons (Fsp3) is 1.00. The molecule has 1 aliphatic heterocycles. The SMILES string of the molecule is CO[C@H]1C[C@H](O)O[C@H](C)[C@H]1S. The molecule has 0 radical (unpaired) electrons. The molecule has 4 atom stereocenters. The summed E-state index contributed by atoms with van der Waals surface area (Å²) in [6.07, 6.45) is -0.239. The van der Waals surface area contributed by atoms with Gasteiger partial charge in [-0.2, -0.15) is 12.6 Å². The van der Waals surface area contributed by atoms with Crippen molar-refractivity contribution in [3.63, 3.8) is 0 Å². The van der Waals surface area contributed by atoms with Gasteiger partial charge in [0.15, 0.2) is 6.29 Å². The van der Waals surface area contributed by atoms with E-state index in [0.29, 0.717) is 6.42 Å². The summed E-state index contributed by atoms with van der Waals surface area (Å²) in [5, 5.41) is 9.22. The van der Waals surface area contributed by atoms with Crippen LogP contribution in [0.4, 0.5) is 0 Å². The highest BCUT2D eigenvalue weighted by molar-refractivity contribution is 7.81. The van der Waals surface area contributed by atoms with Gasteiger partial charge in [0.2, 0.25) is 0 Å². The molecule has 0 aliphatic carbocycles. The van der Waals surface area contributed by atoms with Crippen LogP contribution in [0, 0.1) is 0 Å². The van der Waals surface area contributed by atoms with E-state index in [1.807, 2.05) is 6.92 Å². The average Bonchev–Trinajstić information content (AvgIpc) is 1.96. The maximum Gasteiger partial charge on any atom is 0.157 e. The lowest BCUT2D eigenvalue weighted by Crippen LogP contribution is -2.44. The summed E-state index contributed by atoms with van der Waals surface area (Å²) in [5.74, 6) is 0. The molecule has 0 aromatic rings. The lowest BCUT2D eigenvalue weighted by molar-refractivity contribution is -0.184. The lowest BCUT2D eigenvalue weighted by Gasteiger charge is -2.35. The predicted octanol–water partition coefficient (Wildman–Crippen LogP) is 0.427. The molecule has 3 nitrogen and oxygen atoms in total. The Kier molecular flexibility index (Phi) is 3.18. The maximum atomic E-state index is 9.16. The number of ether oxygens (including phenoxy) is 2. The van der Waals surface area contributed by atoms with Crippen LogP contribution in [0.1, 0.15) is 13.3 Å². The predicted molar refractivity (Wildman–Crippen MR) is 44.7 cm³/mol. The highest BCUT2D eigenvalue weighted by Gasteiger charge is 2.33. The molecule has 1 fully saturated rings. The molecule has 0 aromatic carbocycles. The van der Waals surface area contributed by atoms with Crippen LogP contribution in [-0.2, 0) is 9.47 Å². The fourth-order valence-corrected chi connectivity index (χ4v) is 1.57. The van der Waals surface area contributed by atoms with Gasteiger partial charge < -0.3 is 14.6 Å². The van der Waals surface area contributed by atoms with Crippen LogP contribution < -0.4 is 0 Å². The number of aliphatic hydroxyl groups excluding tert-OH is 1. The van der Waals surface area contributed by atoms with Gasteiger partial charge in [-0.25, -0.2) is 0 Å². The van der Waals surface area contributed by atoms with Crippen molar-refractivity contribution in [1.29, 1.82) is 0 Å². The summed E-state index contributed by atoms with van der Waals surface area (Å²) in [6, 6.07) is 0. The van der Waals surface area contributed by atoms with E-state index in [0.717, 1.165) is 0 Å². The van der Waals surface area contributed by atoms with Crippen molar-refractivity contribution in [2.24, 2.45) is 0 Å². The number of methoxy groups -OCH3 is 1. The van der Waals surface area contributed by atoms with Gasteiger partial charge in [0.05, 0.1) is 17.5 Å². The summed E-state index contributed by atoms with van der Waals surface area (Å²) in [7, 11) is 1.62. The molecule has 0 bridgehead atoms. The molecular formula is C7H14O3S. The highest BCUT2D eigenvalue weighted by Crippen LogP contribution is 2.24. The van der Waals surface area contributed by atoms with Gasteiger partial charge in [-0.15, -0.1) is 0 Å². The van der Waals surface area contributed by atoms with Crippen LogP contribution in [0.5, 0.6) is 0 Å². The second-order valence-electron chi connectivity index (χ2n) is 2.80. The molecule has 4 heteroatoms. The van der Waals surface area contributed by atoms with Crippen molar-refractivity contribution in [2.45, 2.75) is 37.1 Å². The topological polar surface area (TPSA) is 38.7 Å². The molecule has 1 N–H and O–H groups in total. The lowest BCUT2D eigenvalue weighted by atomic mass is 10.1. The molecule has 1 aliphatic rings. The monoisotopic (exact) mass is 178 g/mol. The van der Waals surface area contributed by atoms with E-state index in [1.54, 1.807) is 7.11 Å². The molecule has 1 rings (SSSR count). The number of rotatable bonds is 1. The smallest absolute Gasteiger partial charge is 0.157 e. The Hall–Kier alpha value is 0.230. The van der Waals surface area contributed by atoms with Gasteiger partial charge in [0.25, 0.3) is 0 Å². The first kappa shape index (κ1) is 9.32. The second kappa shape index (κ2) is 3.76. The number of hydrogen-bond donors (Lipinski definition) is 2. The van der Waals surface area contributed by atoms with E-state index in [4.69, 9.17) is 14.6 Å². The Morgan fingerprint density at radius 2 is 2.27 bits per heavy atom. The van der Waals surface area contributed by atoms with Crippen LogP contribution in [0.3, 0.4) is 0 Å². The molecule has 0 amide bonds. The van der Waals surface area contributed by atoms with E-state index in [9.17, 15) is 0 Å². The normalized spacial score (nSPS) is 45.8. The summed E-state index contributed by atoms with van der Waals surface area (Å²) in [4.78, 5) is 0. The molecule has 0 saturated carbocycles. The van der Waals surface area contributed by atoms with E-state index in [-0.39, 0.29) is 17.5 Å². The summed E-state index contributed by atoms with van der Waals surface area (Å²) in [6.45, 7) is 1.88. The van der Waals surface area contributed by atoms with Crippen LogP contribution in [0.15, 0.2) is 0 Å². The second-order valence-corrected chi connectivity index (χ2v) is 3.39. The zero-order chi connectivity index (χ0) is 8.43. The van der Waals surface area contributed by atoms with Gasteiger partial charge in [0.1, 0.15) is 0 Å². The molecule has 11 heavy (non-hydrogen) atoms. The summed E-state index contributed by atoms with van der Waals surface area (Å²) >= 11 is 4.31. The molecule has 1 saturated heterocycles. The van der Waals surface area contributed by atoms with Crippen molar-refractivity contribution in [2.75, 3.05) is 7.11 Å². The Balaban J connectivity index is 2.51. The quantitative estimate of drug-likeness (QED) is 0.572.